The van der Waals surface area contributed by atoms with E-state index < -0.39 is 0 Å². The van der Waals surface area contributed by atoms with E-state index >= 15 is 0 Å². The van der Waals surface area contributed by atoms with Gasteiger partial charge in [0.1, 0.15) is 12.1 Å². The molecule has 1 atom stereocenters. The molecule has 1 aromatic heterocycles. The summed E-state index contributed by atoms with van der Waals surface area (Å²) in [4.78, 5) is 4.05. The first-order valence-electron chi connectivity index (χ1n) is 5.50. The molecule has 0 radical (unpaired) electrons. The lowest BCUT2D eigenvalue weighted by Gasteiger charge is -2.14. The number of aryl methyl sites for hydroxylation is 1. The SMILES string of the molecule is CNC(C)c1ccccc1Oc1ncn(C)n1. The van der Waals surface area contributed by atoms with Crippen molar-refractivity contribution in [1.82, 2.24) is 20.1 Å². The lowest BCUT2D eigenvalue weighted by Crippen LogP contribution is -2.13. The zero-order valence-corrected chi connectivity index (χ0v) is 10.2. The lowest BCUT2D eigenvalue weighted by molar-refractivity contribution is 0.427. The zero-order valence-electron chi connectivity index (χ0n) is 10.2. The third kappa shape index (κ3) is 2.62. The smallest absolute Gasteiger partial charge is 0.340 e. The van der Waals surface area contributed by atoms with Crippen molar-refractivity contribution < 1.29 is 4.74 Å². The Balaban J connectivity index is 2.26. The number of hydrogen-bond donors (Lipinski definition) is 1. The molecular formula is C12H16N4O. The van der Waals surface area contributed by atoms with Gasteiger partial charge in [0.2, 0.25) is 0 Å². The van der Waals surface area contributed by atoms with Gasteiger partial charge in [-0.15, -0.1) is 5.10 Å². The second-order valence-corrected chi connectivity index (χ2v) is 3.85. The van der Waals surface area contributed by atoms with E-state index in [0.29, 0.717) is 6.01 Å². The summed E-state index contributed by atoms with van der Waals surface area (Å²) in [5.74, 6) is 0.778. The van der Waals surface area contributed by atoms with Crippen LogP contribution in [0.15, 0.2) is 30.6 Å². The molecule has 0 amide bonds. The van der Waals surface area contributed by atoms with Gasteiger partial charge in [-0.3, -0.25) is 4.68 Å². The number of benzene rings is 1. The van der Waals surface area contributed by atoms with Crippen molar-refractivity contribution in [2.75, 3.05) is 7.05 Å². The van der Waals surface area contributed by atoms with Gasteiger partial charge in [-0.05, 0) is 20.0 Å². The molecule has 0 spiro atoms. The first-order valence-corrected chi connectivity index (χ1v) is 5.50. The fraction of sp³-hybridized carbons (Fsp3) is 0.333. The average Bonchev–Trinajstić information content (AvgIpc) is 2.74. The summed E-state index contributed by atoms with van der Waals surface area (Å²) in [6.07, 6.45) is 1.61. The third-order valence-corrected chi connectivity index (χ3v) is 2.60. The fourth-order valence-corrected chi connectivity index (χ4v) is 1.55. The van der Waals surface area contributed by atoms with Gasteiger partial charge < -0.3 is 10.1 Å². The minimum Gasteiger partial charge on any atom is -0.423 e. The number of nitrogens with one attached hydrogen (secondary N) is 1. The Kier molecular flexibility index (Phi) is 3.39. The largest absolute Gasteiger partial charge is 0.423 e. The van der Waals surface area contributed by atoms with Crippen LogP contribution in [0, 0.1) is 0 Å². The van der Waals surface area contributed by atoms with Gasteiger partial charge in [0.05, 0.1) is 0 Å². The molecule has 1 heterocycles. The summed E-state index contributed by atoms with van der Waals surface area (Å²) in [6, 6.07) is 8.45. The van der Waals surface area contributed by atoms with Crippen LogP contribution in [-0.2, 0) is 7.05 Å². The third-order valence-electron chi connectivity index (χ3n) is 2.60. The van der Waals surface area contributed by atoms with E-state index in [2.05, 4.69) is 22.3 Å². The van der Waals surface area contributed by atoms with Crippen LogP contribution < -0.4 is 10.1 Å². The van der Waals surface area contributed by atoms with Crippen LogP contribution in [0.4, 0.5) is 0 Å². The molecule has 0 bridgehead atoms. The molecule has 90 valence electrons. The van der Waals surface area contributed by atoms with Crippen molar-refractivity contribution in [3.8, 4) is 11.8 Å². The number of rotatable bonds is 4. The molecule has 0 aliphatic rings. The maximum atomic E-state index is 5.67. The molecule has 0 aliphatic heterocycles. The van der Waals surface area contributed by atoms with Crippen LogP contribution in [-0.4, -0.2) is 21.8 Å². The van der Waals surface area contributed by atoms with Crippen molar-refractivity contribution >= 4 is 0 Å². The topological polar surface area (TPSA) is 52.0 Å². The molecule has 0 fully saturated rings. The quantitative estimate of drug-likeness (QED) is 0.874. The van der Waals surface area contributed by atoms with Crippen LogP contribution >= 0.6 is 0 Å². The molecule has 5 heteroatoms. The Morgan fingerprint density at radius 3 is 2.76 bits per heavy atom. The normalized spacial score (nSPS) is 12.4. The molecule has 0 aliphatic carbocycles. The highest BCUT2D eigenvalue weighted by atomic mass is 16.5. The maximum Gasteiger partial charge on any atom is 0.340 e. The molecule has 17 heavy (non-hydrogen) atoms. The highest BCUT2D eigenvalue weighted by Gasteiger charge is 2.11. The summed E-state index contributed by atoms with van der Waals surface area (Å²) in [5, 5.41) is 7.28. The van der Waals surface area contributed by atoms with E-state index in [1.165, 1.54) is 0 Å². The number of para-hydroxylation sites is 1. The minimum absolute atomic E-state index is 0.218. The van der Waals surface area contributed by atoms with Crippen LogP contribution in [0.5, 0.6) is 11.8 Å². The van der Waals surface area contributed by atoms with E-state index in [-0.39, 0.29) is 6.04 Å². The van der Waals surface area contributed by atoms with Crippen LogP contribution in [0.1, 0.15) is 18.5 Å². The standard InChI is InChI=1S/C12H16N4O/c1-9(13-2)10-6-4-5-7-11(10)17-12-14-8-16(3)15-12/h4-9,13H,1-3H3. The van der Waals surface area contributed by atoms with Gasteiger partial charge >= 0.3 is 6.01 Å². The molecular weight excluding hydrogens is 216 g/mol. The van der Waals surface area contributed by atoms with Gasteiger partial charge in [-0.2, -0.15) is 4.98 Å². The van der Waals surface area contributed by atoms with Crippen molar-refractivity contribution in [3.63, 3.8) is 0 Å². The fourth-order valence-electron chi connectivity index (χ4n) is 1.55. The second-order valence-electron chi connectivity index (χ2n) is 3.85. The summed E-state index contributed by atoms with van der Waals surface area (Å²) < 4.78 is 7.28. The molecule has 1 N–H and O–H groups in total. The van der Waals surface area contributed by atoms with E-state index in [0.717, 1.165) is 11.3 Å². The van der Waals surface area contributed by atoms with E-state index in [4.69, 9.17) is 4.74 Å². The number of ether oxygens (including phenoxy) is 1. The highest BCUT2D eigenvalue weighted by Crippen LogP contribution is 2.27. The van der Waals surface area contributed by atoms with Crippen molar-refractivity contribution in [2.45, 2.75) is 13.0 Å². The van der Waals surface area contributed by atoms with Crippen LogP contribution in [0.2, 0.25) is 0 Å². The molecule has 2 rings (SSSR count). The molecule has 1 unspecified atom stereocenters. The molecule has 0 saturated carbocycles. The minimum atomic E-state index is 0.218. The second kappa shape index (κ2) is 4.97. The summed E-state index contributed by atoms with van der Waals surface area (Å²) >= 11 is 0. The molecule has 5 nitrogen and oxygen atoms in total. The van der Waals surface area contributed by atoms with Gasteiger partial charge in [0.15, 0.2) is 0 Å². The average molecular weight is 232 g/mol. The number of hydrogen-bond acceptors (Lipinski definition) is 4. The van der Waals surface area contributed by atoms with Crippen molar-refractivity contribution in [1.29, 1.82) is 0 Å². The number of nitrogens with zero attached hydrogens (tertiary/aromatic N) is 3. The van der Waals surface area contributed by atoms with Crippen molar-refractivity contribution in [3.05, 3.63) is 36.2 Å². The summed E-state index contributed by atoms with van der Waals surface area (Å²) in [6.45, 7) is 2.08. The first-order chi connectivity index (χ1) is 8.20. The van der Waals surface area contributed by atoms with Crippen LogP contribution in [0.25, 0.3) is 0 Å². The molecule has 0 saturated heterocycles. The van der Waals surface area contributed by atoms with Gasteiger partial charge in [0, 0.05) is 18.7 Å². The Hall–Kier alpha value is -1.88. The monoisotopic (exact) mass is 232 g/mol. The predicted molar refractivity (Wildman–Crippen MR) is 65.0 cm³/mol. The van der Waals surface area contributed by atoms with Gasteiger partial charge in [0.25, 0.3) is 0 Å². The zero-order chi connectivity index (χ0) is 12.3. The van der Waals surface area contributed by atoms with E-state index in [1.807, 2.05) is 38.4 Å². The maximum absolute atomic E-state index is 5.67. The van der Waals surface area contributed by atoms with Crippen molar-refractivity contribution in [2.24, 2.45) is 7.05 Å². The molecule has 2 aromatic rings. The van der Waals surface area contributed by atoms with Gasteiger partial charge in [-0.25, -0.2) is 0 Å². The Morgan fingerprint density at radius 2 is 2.12 bits per heavy atom. The Labute approximate surface area is 100 Å². The first kappa shape index (κ1) is 11.6. The van der Waals surface area contributed by atoms with Crippen LogP contribution in [0.3, 0.4) is 0 Å². The summed E-state index contributed by atoms with van der Waals surface area (Å²) in [5.41, 5.74) is 1.09. The van der Waals surface area contributed by atoms with Gasteiger partial charge in [-0.1, -0.05) is 18.2 Å². The van der Waals surface area contributed by atoms with E-state index in [9.17, 15) is 0 Å². The lowest BCUT2D eigenvalue weighted by atomic mass is 10.1. The molecule has 1 aromatic carbocycles. The Morgan fingerprint density at radius 1 is 1.35 bits per heavy atom. The Bertz CT molecular complexity index is 495. The summed E-state index contributed by atoms with van der Waals surface area (Å²) in [7, 11) is 3.72. The highest BCUT2D eigenvalue weighted by molar-refractivity contribution is 5.37. The number of aromatic nitrogens is 3. The predicted octanol–water partition coefficient (Wildman–Crippen LogP) is 1.89. The van der Waals surface area contributed by atoms with E-state index in [1.54, 1.807) is 11.0 Å².